The van der Waals surface area contributed by atoms with Crippen molar-refractivity contribution in [3.63, 3.8) is 0 Å². The molecule has 0 saturated heterocycles. The van der Waals surface area contributed by atoms with Crippen molar-refractivity contribution in [2.45, 2.75) is 30.4 Å². The van der Waals surface area contributed by atoms with Crippen LogP contribution in [0.3, 0.4) is 0 Å². The van der Waals surface area contributed by atoms with E-state index < -0.39 is 0 Å². The molecule has 76 valence electrons. The molecule has 1 rings (SSSR count). The minimum atomic E-state index is 0.0289. The van der Waals surface area contributed by atoms with Crippen LogP contribution in [0.1, 0.15) is 20.3 Å². The molecule has 0 bridgehead atoms. The first kappa shape index (κ1) is 11.6. The highest BCUT2D eigenvalue weighted by Gasteiger charge is 2.11. The van der Waals surface area contributed by atoms with Crippen LogP contribution in [-0.4, -0.2) is 11.0 Å². The normalized spacial score (nSPS) is 12.5. The van der Waals surface area contributed by atoms with Gasteiger partial charge in [-0.25, -0.2) is 0 Å². The van der Waals surface area contributed by atoms with Crippen molar-refractivity contribution in [2.24, 2.45) is 0 Å². The Labute approximate surface area is 93.8 Å². The summed E-state index contributed by atoms with van der Waals surface area (Å²) in [6.45, 7) is 3.83. The van der Waals surface area contributed by atoms with E-state index in [2.05, 4.69) is 0 Å². The monoisotopic (exact) mass is 228 g/mol. The van der Waals surface area contributed by atoms with Gasteiger partial charge in [0.25, 0.3) is 0 Å². The molecule has 1 aromatic rings. The van der Waals surface area contributed by atoms with Gasteiger partial charge < -0.3 is 0 Å². The van der Waals surface area contributed by atoms with E-state index in [0.717, 1.165) is 9.92 Å². The first-order chi connectivity index (χ1) is 6.63. The van der Waals surface area contributed by atoms with Crippen LogP contribution in [0.2, 0.25) is 5.02 Å². The molecule has 3 heteroatoms. The second kappa shape index (κ2) is 5.42. The van der Waals surface area contributed by atoms with Gasteiger partial charge in [0.1, 0.15) is 5.78 Å². The number of hydrogen-bond donors (Lipinski definition) is 0. The highest BCUT2D eigenvalue weighted by Crippen LogP contribution is 2.25. The van der Waals surface area contributed by atoms with Gasteiger partial charge in [0.2, 0.25) is 0 Å². The van der Waals surface area contributed by atoms with Crippen molar-refractivity contribution in [3.05, 3.63) is 29.3 Å². The van der Waals surface area contributed by atoms with Gasteiger partial charge in [0.15, 0.2) is 0 Å². The quantitative estimate of drug-likeness (QED) is 0.730. The van der Waals surface area contributed by atoms with Gasteiger partial charge in [-0.2, -0.15) is 0 Å². The van der Waals surface area contributed by atoms with E-state index in [1.54, 1.807) is 11.8 Å². The fraction of sp³-hybridized carbons (Fsp3) is 0.364. The lowest BCUT2D eigenvalue weighted by Crippen LogP contribution is -2.10. The maximum Gasteiger partial charge on any atom is 0.145 e. The largest absolute Gasteiger partial charge is 0.298 e. The molecule has 14 heavy (non-hydrogen) atoms. The average molecular weight is 229 g/mol. The van der Waals surface area contributed by atoms with Gasteiger partial charge in [0, 0.05) is 16.3 Å². The predicted octanol–water partition coefficient (Wildman–Crippen LogP) is 3.80. The molecule has 0 aliphatic carbocycles. The second-order valence-corrected chi connectivity index (χ2v) is 4.88. The van der Waals surface area contributed by atoms with Crippen molar-refractivity contribution in [2.75, 3.05) is 0 Å². The van der Waals surface area contributed by atoms with Crippen molar-refractivity contribution in [1.29, 1.82) is 0 Å². The van der Waals surface area contributed by atoms with Crippen LogP contribution in [0.4, 0.5) is 0 Å². The maximum atomic E-state index is 11.3. The topological polar surface area (TPSA) is 17.1 Å². The average Bonchev–Trinajstić information content (AvgIpc) is 2.20. The van der Waals surface area contributed by atoms with Gasteiger partial charge in [-0.3, -0.25) is 4.79 Å². The molecule has 0 radical (unpaired) electrons. The van der Waals surface area contributed by atoms with Crippen LogP contribution in [-0.2, 0) is 4.79 Å². The fourth-order valence-corrected chi connectivity index (χ4v) is 2.20. The number of carbonyl (C=O) groups is 1. The lowest BCUT2D eigenvalue weighted by atomic mass is 10.2. The molecular formula is C11H13ClOS. The van der Waals surface area contributed by atoms with Crippen LogP contribution in [0.15, 0.2) is 29.2 Å². The minimum Gasteiger partial charge on any atom is -0.298 e. The molecule has 1 unspecified atom stereocenters. The molecular weight excluding hydrogens is 216 g/mol. The van der Waals surface area contributed by atoms with Crippen molar-refractivity contribution in [1.82, 2.24) is 0 Å². The van der Waals surface area contributed by atoms with Crippen molar-refractivity contribution in [3.8, 4) is 0 Å². The molecule has 0 aliphatic rings. The van der Waals surface area contributed by atoms with Crippen LogP contribution in [0, 0.1) is 0 Å². The zero-order valence-corrected chi connectivity index (χ0v) is 9.86. The summed E-state index contributed by atoms with van der Waals surface area (Å²) in [6.07, 6.45) is 0.599. The molecule has 0 saturated carbocycles. The van der Waals surface area contributed by atoms with E-state index in [-0.39, 0.29) is 11.0 Å². The molecule has 1 aromatic carbocycles. The van der Waals surface area contributed by atoms with Crippen LogP contribution < -0.4 is 0 Å². The molecule has 0 fully saturated rings. The smallest absolute Gasteiger partial charge is 0.145 e. The lowest BCUT2D eigenvalue weighted by molar-refractivity contribution is -0.117. The second-order valence-electron chi connectivity index (χ2n) is 3.03. The summed E-state index contributed by atoms with van der Waals surface area (Å²) in [5.41, 5.74) is 0. The third kappa shape index (κ3) is 3.35. The third-order valence-electron chi connectivity index (χ3n) is 1.93. The van der Waals surface area contributed by atoms with Gasteiger partial charge in [-0.15, -0.1) is 11.8 Å². The van der Waals surface area contributed by atoms with E-state index in [1.165, 1.54) is 0 Å². The van der Waals surface area contributed by atoms with Gasteiger partial charge >= 0.3 is 0 Å². The number of hydrogen-bond acceptors (Lipinski definition) is 2. The molecule has 0 aliphatic heterocycles. The number of carbonyl (C=O) groups excluding carboxylic acids is 1. The SMILES string of the molecule is CCC(=O)C(C)Sc1ccc(Cl)cc1. The van der Waals surface area contributed by atoms with Gasteiger partial charge in [-0.05, 0) is 31.2 Å². The molecule has 0 heterocycles. The van der Waals surface area contributed by atoms with Crippen LogP contribution in [0.25, 0.3) is 0 Å². The highest BCUT2D eigenvalue weighted by molar-refractivity contribution is 8.00. The highest BCUT2D eigenvalue weighted by atomic mass is 35.5. The van der Waals surface area contributed by atoms with Crippen molar-refractivity contribution >= 4 is 29.1 Å². The minimum absolute atomic E-state index is 0.0289. The van der Waals surface area contributed by atoms with E-state index in [4.69, 9.17) is 11.6 Å². The van der Waals surface area contributed by atoms with Crippen LogP contribution >= 0.6 is 23.4 Å². The van der Waals surface area contributed by atoms with E-state index in [1.807, 2.05) is 38.1 Å². The number of ketones is 1. The molecule has 0 spiro atoms. The van der Waals surface area contributed by atoms with E-state index >= 15 is 0 Å². The Morgan fingerprint density at radius 2 is 2.00 bits per heavy atom. The fourth-order valence-electron chi connectivity index (χ4n) is 1.07. The van der Waals surface area contributed by atoms with Crippen LogP contribution in [0.5, 0.6) is 0 Å². The Bertz CT molecular complexity index is 308. The summed E-state index contributed by atoms with van der Waals surface area (Å²) in [4.78, 5) is 12.4. The summed E-state index contributed by atoms with van der Waals surface area (Å²) < 4.78 is 0. The summed E-state index contributed by atoms with van der Waals surface area (Å²) >= 11 is 7.34. The first-order valence-electron chi connectivity index (χ1n) is 4.58. The van der Waals surface area contributed by atoms with Gasteiger partial charge in [-0.1, -0.05) is 18.5 Å². The summed E-state index contributed by atoms with van der Waals surface area (Å²) in [5.74, 6) is 0.282. The number of rotatable bonds is 4. The van der Waals surface area contributed by atoms with Gasteiger partial charge in [0.05, 0.1) is 5.25 Å². The Balaban J connectivity index is 2.60. The zero-order chi connectivity index (χ0) is 10.6. The lowest BCUT2D eigenvalue weighted by Gasteiger charge is -2.08. The molecule has 0 amide bonds. The summed E-state index contributed by atoms with van der Waals surface area (Å²) in [6, 6.07) is 7.55. The number of benzene rings is 1. The molecule has 1 nitrogen and oxygen atoms in total. The molecule has 0 N–H and O–H groups in total. The Morgan fingerprint density at radius 3 is 2.50 bits per heavy atom. The first-order valence-corrected chi connectivity index (χ1v) is 5.84. The zero-order valence-electron chi connectivity index (χ0n) is 8.29. The summed E-state index contributed by atoms with van der Waals surface area (Å²) in [7, 11) is 0. The number of halogens is 1. The molecule has 0 aromatic heterocycles. The van der Waals surface area contributed by atoms with E-state index in [9.17, 15) is 4.79 Å². The molecule has 1 atom stereocenters. The Morgan fingerprint density at radius 1 is 1.43 bits per heavy atom. The van der Waals surface area contributed by atoms with Crippen molar-refractivity contribution < 1.29 is 4.79 Å². The standard InChI is InChI=1S/C11H13ClOS/c1-3-11(13)8(2)14-10-6-4-9(12)5-7-10/h4-8H,3H2,1-2H3. The maximum absolute atomic E-state index is 11.3. The Kier molecular flexibility index (Phi) is 4.49. The van der Waals surface area contributed by atoms with E-state index in [0.29, 0.717) is 6.42 Å². The Hall–Kier alpha value is -0.470. The number of Topliss-reactive ketones (excluding diaryl/α,β-unsaturated/α-hetero) is 1. The summed E-state index contributed by atoms with van der Waals surface area (Å²) in [5, 5.41) is 0.755. The third-order valence-corrected chi connectivity index (χ3v) is 3.34. The number of thioether (sulfide) groups is 1. The predicted molar refractivity (Wildman–Crippen MR) is 62.1 cm³/mol.